The van der Waals surface area contributed by atoms with Crippen LogP contribution in [0.3, 0.4) is 0 Å². The highest BCUT2D eigenvalue weighted by atomic mass is 79.9. The molecule has 0 heterocycles. The Labute approximate surface area is 102 Å². The van der Waals surface area contributed by atoms with Crippen LogP contribution in [0, 0.1) is 0 Å². The highest BCUT2D eigenvalue weighted by Gasteiger charge is 1.97. The molecule has 14 heavy (non-hydrogen) atoms. The molecule has 0 fully saturated rings. The molecule has 0 aliphatic rings. The van der Waals surface area contributed by atoms with Gasteiger partial charge in [-0.1, -0.05) is 17.7 Å². The molecule has 0 aromatic heterocycles. The van der Waals surface area contributed by atoms with Crippen molar-refractivity contribution in [3.05, 3.63) is 33.3 Å². The van der Waals surface area contributed by atoms with Crippen LogP contribution in [-0.2, 0) is 6.54 Å². The van der Waals surface area contributed by atoms with E-state index in [9.17, 15) is 0 Å². The maximum absolute atomic E-state index is 5.87. The zero-order chi connectivity index (χ0) is 9.84. The van der Waals surface area contributed by atoms with Crippen molar-refractivity contribution in [3.8, 4) is 0 Å². The average Bonchev–Trinajstić information content (AvgIpc) is 2.07. The summed E-state index contributed by atoms with van der Waals surface area (Å²) in [6, 6.07) is 5.58. The molecule has 78 valence electrons. The SMILES string of the molecule is Cl.NC(N)=NCc1ccc(Br)c(Cl)c1. The molecule has 0 saturated heterocycles. The number of guanidine groups is 1. The second-order valence-corrected chi connectivity index (χ2v) is 3.75. The Balaban J connectivity index is 0.00000169. The van der Waals surface area contributed by atoms with Gasteiger partial charge in [-0.3, -0.25) is 0 Å². The summed E-state index contributed by atoms with van der Waals surface area (Å²) in [5.41, 5.74) is 11.4. The van der Waals surface area contributed by atoms with Gasteiger partial charge in [0.15, 0.2) is 5.96 Å². The predicted molar refractivity (Wildman–Crippen MR) is 65.9 cm³/mol. The minimum absolute atomic E-state index is 0. The van der Waals surface area contributed by atoms with Gasteiger partial charge in [0, 0.05) is 4.47 Å². The average molecular weight is 299 g/mol. The third-order valence-electron chi connectivity index (χ3n) is 1.43. The smallest absolute Gasteiger partial charge is 0.186 e. The Bertz CT molecular complexity index is 337. The topological polar surface area (TPSA) is 64.4 Å². The molecule has 6 heteroatoms. The van der Waals surface area contributed by atoms with Crippen LogP contribution < -0.4 is 11.5 Å². The van der Waals surface area contributed by atoms with Crippen LogP contribution in [0.2, 0.25) is 5.02 Å². The Morgan fingerprint density at radius 1 is 1.43 bits per heavy atom. The molecule has 0 spiro atoms. The summed E-state index contributed by atoms with van der Waals surface area (Å²) in [4.78, 5) is 3.86. The maximum atomic E-state index is 5.87. The number of hydrogen-bond donors (Lipinski definition) is 2. The molecule has 0 unspecified atom stereocenters. The van der Waals surface area contributed by atoms with Crippen molar-refractivity contribution >= 4 is 45.9 Å². The largest absolute Gasteiger partial charge is 0.370 e. The number of aliphatic imine (C=N–C) groups is 1. The minimum Gasteiger partial charge on any atom is -0.370 e. The van der Waals surface area contributed by atoms with E-state index in [2.05, 4.69) is 20.9 Å². The lowest BCUT2D eigenvalue weighted by Crippen LogP contribution is -2.22. The number of halogens is 3. The minimum atomic E-state index is 0. The lowest BCUT2D eigenvalue weighted by molar-refractivity contribution is 1.05. The molecule has 0 saturated carbocycles. The first-order valence-electron chi connectivity index (χ1n) is 3.59. The summed E-state index contributed by atoms with van der Waals surface area (Å²) < 4.78 is 0.864. The molecule has 1 aromatic rings. The molecule has 0 amide bonds. The maximum Gasteiger partial charge on any atom is 0.186 e. The van der Waals surface area contributed by atoms with Crippen molar-refractivity contribution in [2.24, 2.45) is 16.5 Å². The van der Waals surface area contributed by atoms with Crippen molar-refractivity contribution in [1.29, 1.82) is 0 Å². The predicted octanol–water partition coefficient (Wildman–Crippen LogP) is 2.30. The zero-order valence-corrected chi connectivity index (χ0v) is 10.4. The number of nitrogens with two attached hydrogens (primary N) is 2. The van der Waals surface area contributed by atoms with E-state index >= 15 is 0 Å². The van der Waals surface area contributed by atoms with Gasteiger partial charge in [-0.15, -0.1) is 12.4 Å². The number of nitrogens with zero attached hydrogens (tertiary/aromatic N) is 1. The van der Waals surface area contributed by atoms with Gasteiger partial charge in [0.2, 0.25) is 0 Å². The van der Waals surface area contributed by atoms with Crippen molar-refractivity contribution in [1.82, 2.24) is 0 Å². The summed E-state index contributed by atoms with van der Waals surface area (Å²) >= 11 is 9.16. The van der Waals surface area contributed by atoms with Gasteiger partial charge in [-0.2, -0.15) is 0 Å². The van der Waals surface area contributed by atoms with E-state index < -0.39 is 0 Å². The highest BCUT2D eigenvalue weighted by Crippen LogP contribution is 2.23. The lowest BCUT2D eigenvalue weighted by Gasteiger charge is -1.99. The first kappa shape index (κ1) is 13.5. The molecule has 4 N–H and O–H groups in total. The number of hydrogen-bond acceptors (Lipinski definition) is 1. The second kappa shape index (κ2) is 6.11. The Morgan fingerprint density at radius 2 is 2.07 bits per heavy atom. The Morgan fingerprint density at radius 3 is 2.57 bits per heavy atom. The van der Waals surface area contributed by atoms with Gasteiger partial charge in [0.1, 0.15) is 0 Å². The van der Waals surface area contributed by atoms with E-state index in [4.69, 9.17) is 23.1 Å². The molecular weight excluding hydrogens is 289 g/mol. The summed E-state index contributed by atoms with van der Waals surface area (Å²) in [5, 5.41) is 0.656. The monoisotopic (exact) mass is 297 g/mol. The fourth-order valence-electron chi connectivity index (χ4n) is 0.821. The summed E-state index contributed by atoms with van der Waals surface area (Å²) in [5.74, 6) is 0.0824. The summed E-state index contributed by atoms with van der Waals surface area (Å²) in [6.45, 7) is 0.454. The van der Waals surface area contributed by atoms with E-state index in [0.717, 1.165) is 10.0 Å². The van der Waals surface area contributed by atoms with Gasteiger partial charge < -0.3 is 11.5 Å². The molecule has 0 radical (unpaired) electrons. The van der Waals surface area contributed by atoms with Gasteiger partial charge in [-0.25, -0.2) is 4.99 Å². The number of benzene rings is 1. The van der Waals surface area contributed by atoms with Crippen molar-refractivity contribution in [2.75, 3.05) is 0 Å². The van der Waals surface area contributed by atoms with Crippen LogP contribution in [0.5, 0.6) is 0 Å². The van der Waals surface area contributed by atoms with E-state index in [1.165, 1.54) is 0 Å². The van der Waals surface area contributed by atoms with E-state index in [-0.39, 0.29) is 18.4 Å². The van der Waals surface area contributed by atoms with Gasteiger partial charge >= 0.3 is 0 Å². The first-order chi connectivity index (χ1) is 6.09. The third-order valence-corrected chi connectivity index (χ3v) is 2.66. The van der Waals surface area contributed by atoms with Gasteiger partial charge in [-0.05, 0) is 33.6 Å². The zero-order valence-electron chi connectivity index (χ0n) is 7.21. The van der Waals surface area contributed by atoms with E-state index in [1.54, 1.807) is 0 Å². The van der Waals surface area contributed by atoms with Gasteiger partial charge in [0.05, 0.1) is 11.6 Å². The van der Waals surface area contributed by atoms with Crippen LogP contribution in [0.25, 0.3) is 0 Å². The highest BCUT2D eigenvalue weighted by molar-refractivity contribution is 9.10. The van der Waals surface area contributed by atoms with Gasteiger partial charge in [0.25, 0.3) is 0 Å². The third kappa shape index (κ3) is 4.17. The van der Waals surface area contributed by atoms with Crippen LogP contribution in [0.4, 0.5) is 0 Å². The number of rotatable bonds is 2. The Kier molecular flexibility index (Phi) is 5.92. The molecule has 0 bridgehead atoms. The molecule has 1 rings (SSSR count). The molecular formula is C8H10BrCl2N3. The Hall–Kier alpha value is -0.450. The molecule has 0 aliphatic carbocycles. The van der Waals surface area contributed by atoms with Crippen molar-refractivity contribution in [2.45, 2.75) is 6.54 Å². The van der Waals surface area contributed by atoms with Crippen LogP contribution in [0.1, 0.15) is 5.56 Å². The summed E-state index contributed by atoms with van der Waals surface area (Å²) in [6.07, 6.45) is 0. The quantitative estimate of drug-likeness (QED) is 0.650. The fourth-order valence-corrected chi connectivity index (χ4v) is 1.27. The van der Waals surface area contributed by atoms with Crippen molar-refractivity contribution < 1.29 is 0 Å². The second-order valence-electron chi connectivity index (χ2n) is 2.49. The molecule has 3 nitrogen and oxygen atoms in total. The van der Waals surface area contributed by atoms with Crippen LogP contribution in [-0.4, -0.2) is 5.96 Å². The van der Waals surface area contributed by atoms with Crippen molar-refractivity contribution in [3.63, 3.8) is 0 Å². The normalized spacial score (nSPS) is 9.00. The van der Waals surface area contributed by atoms with E-state index in [1.807, 2.05) is 18.2 Å². The molecule has 0 aliphatic heterocycles. The fraction of sp³-hybridized carbons (Fsp3) is 0.125. The molecule has 0 atom stereocenters. The molecule has 1 aromatic carbocycles. The van der Waals surface area contributed by atoms with Crippen LogP contribution in [0.15, 0.2) is 27.7 Å². The van der Waals surface area contributed by atoms with E-state index in [0.29, 0.717) is 11.6 Å². The standard InChI is InChI=1S/C8H9BrClN3.ClH/c9-6-2-1-5(3-7(6)10)4-13-8(11)12;/h1-3H,4H2,(H4,11,12,13);1H. The summed E-state index contributed by atoms with van der Waals surface area (Å²) in [7, 11) is 0. The van der Waals surface area contributed by atoms with Crippen LogP contribution >= 0.6 is 39.9 Å². The first-order valence-corrected chi connectivity index (χ1v) is 4.76. The lowest BCUT2D eigenvalue weighted by atomic mass is 10.2.